The van der Waals surface area contributed by atoms with Gasteiger partial charge in [0.25, 0.3) is 5.91 Å². The van der Waals surface area contributed by atoms with Crippen molar-refractivity contribution in [3.63, 3.8) is 0 Å². The Hall–Kier alpha value is -2.96. The Kier molecular flexibility index (Phi) is 6.05. The van der Waals surface area contributed by atoms with Crippen molar-refractivity contribution in [2.24, 2.45) is 0 Å². The van der Waals surface area contributed by atoms with Crippen molar-refractivity contribution in [3.05, 3.63) is 59.3 Å². The van der Waals surface area contributed by atoms with E-state index in [4.69, 9.17) is 10.5 Å². The molecule has 0 aliphatic rings. The maximum Gasteiger partial charge on any atom is 0.259 e. The summed E-state index contributed by atoms with van der Waals surface area (Å²) >= 11 is 0. The largest absolute Gasteiger partial charge is 0.486 e. The molecule has 0 atom stereocenters. The Morgan fingerprint density at radius 1 is 1.36 bits per heavy atom. The molecule has 1 aromatic heterocycles. The van der Waals surface area contributed by atoms with E-state index in [-0.39, 0.29) is 35.0 Å². The fourth-order valence-corrected chi connectivity index (χ4v) is 2.07. The SMILES string of the molecule is CCC=CCOc1cccc(NC(=O)c2cc(C)c(F)nc2N)c1F. The minimum absolute atomic E-state index is 0.0138. The average Bonchev–Trinajstić information content (AvgIpc) is 2.58. The number of aromatic nitrogens is 1. The van der Waals surface area contributed by atoms with Gasteiger partial charge in [0.15, 0.2) is 11.6 Å². The molecule has 3 N–H and O–H groups in total. The van der Waals surface area contributed by atoms with Crippen LogP contribution in [0.5, 0.6) is 5.75 Å². The number of carbonyl (C=O) groups excluding carboxylic acids is 1. The van der Waals surface area contributed by atoms with Gasteiger partial charge >= 0.3 is 0 Å². The molecule has 0 unspecified atom stereocenters. The predicted molar refractivity (Wildman–Crippen MR) is 92.6 cm³/mol. The monoisotopic (exact) mass is 347 g/mol. The van der Waals surface area contributed by atoms with Crippen molar-refractivity contribution >= 4 is 17.4 Å². The fourth-order valence-electron chi connectivity index (χ4n) is 2.07. The molecule has 0 saturated carbocycles. The highest BCUT2D eigenvalue weighted by molar-refractivity contribution is 6.07. The Morgan fingerprint density at radius 3 is 2.84 bits per heavy atom. The lowest BCUT2D eigenvalue weighted by molar-refractivity contribution is 0.102. The van der Waals surface area contributed by atoms with Crippen LogP contribution in [-0.4, -0.2) is 17.5 Å². The predicted octanol–water partition coefficient (Wildman–Crippen LogP) is 3.85. The van der Waals surface area contributed by atoms with Crippen molar-refractivity contribution in [1.82, 2.24) is 4.98 Å². The quantitative estimate of drug-likeness (QED) is 0.615. The number of pyridine rings is 1. The summed E-state index contributed by atoms with van der Waals surface area (Å²) in [7, 11) is 0. The van der Waals surface area contributed by atoms with Gasteiger partial charge < -0.3 is 15.8 Å². The third-order valence-electron chi connectivity index (χ3n) is 3.37. The molecule has 0 aliphatic heterocycles. The smallest absolute Gasteiger partial charge is 0.259 e. The zero-order valence-corrected chi connectivity index (χ0v) is 14.0. The van der Waals surface area contributed by atoms with Crippen LogP contribution in [0, 0.1) is 18.7 Å². The van der Waals surface area contributed by atoms with Crippen LogP contribution in [0.25, 0.3) is 0 Å². The summed E-state index contributed by atoms with van der Waals surface area (Å²) < 4.78 is 33.1. The number of rotatable bonds is 6. The van der Waals surface area contributed by atoms with Crippen molar-refractivity contribution in [1.29, 1.82) is 0 Å². The van der Waals surface area contributed by atoms with Gasteiger partial charge in [0.2, 0.25) is 5.95 Å². The number of amides is 1. The van der Waals surface area contributed by atoms with E-state index < -0.39 is 17.7 Å². The van der Waals surface area contributed by atoms with Crippen LogP contribution in [0.15, 0.2) is 36.4 Å². The molecule has 0 fully saturated rings. The van der Waals surface area contributed by atoms with Crippen LogP contribution in [0.2, 0.25) is 0 Å². The lowest BCUT2D eigenvalue weighted by Crippen LogP contribution is -2.17. The van der Waals surface area contributed by atoms with E-state index in [0.29, 0.717) is 0 Å². The number of carbonyl (C=O) groups is 1. The maximum absolute atomic E-state index is 14.4. The molecular formula is C18H19F2N3O2. The van der Waals surface area contributed by atoms with E-state index in [1.807, 2.05) is 13.0 Å². The van der Waals surface area contributed by atoms with E-state index in [1.54, 1.807) is 12.1 Å². The summed E-state index contributed by atoms with van der Waals surface area (Å²) in [6.45, 7) is 3.65. The first-order valence-corrected chi connectivity index (χ1v) is 7.74. The second-order valence-corrected chi connectivity index (χ2v) is 5.29. The van der Waals surface area contributed by atoms with E-state index >= 15 is 0 Å². The molecule has 0 spiro atoms. The number of benzene rings is 1. The van der Waals surface area contributed by atoms with Crippen molar-refractivity contribution in [3.8, 4) is 5.75 Å². The Balaban J connectivity index is 2.18. The van der Waals surface area contributed by atoms with Gasteiger partial charge in [-0.2, -0.15) is 4.39 Å². The summed E-state index contributed by atoms with van der Waals surface area (Å²) in [6, 6.07) is 5.67. The molecule has 25 heavy (non-hydrogen) atoms. The first-order chi connectivity index (χ1) is 11.9. The Bertz CT molecular complexity index is 807. The lowest BCUT2D eigenvalue weighted by Gasteiger charge is -2.11. The minimum Gasteiger partial charge on any atom is -0.486 e. The second kappa shape index (κ2) is 8.23. The molecule has 2 rings (SSSR count). The highest BCUT2D eigenvalue weighted by Gasteiger charge is 2.17. The molecule has 2 aromatic rings. The summed E-state index contributed by atoms with van der Waals surface area (Å²) in [4.78, 5) is 15.7. The number of ether oxygens (including phenoxy) is 1. The second-order valence-electron chi connectivity index (χ2n) is 5.29. The van der Waals surface area contributed by atoms with Crippen LogP contribution < -0.4 is 15.8 Å². The lowest BCUT2D eigenvalue weighted by atomic mass is 10.1. The molecule has 0 bridgehead atoms. The zero-order valence-electron chi connectivity index (χ0n) is 14.0. The first-order valence-electron chi connectivity index (χ1n) is 7.74. The van der Waals surface area contributed by atoms with Crippen LogP contribution in [0.1, 0.15) is 29.3 Å². The summed E-state index contributed by atoms with van der Waals surface area (Å²) in [5.41, 5.74) is 5.64. The molecule has 132 valence electrons. The molecule has 1 heterocycles. The van der Waals surface area contributed by atoms with Crippen molar-refractivity contribution < 1.29 is 18.3 Å². The third kappa shape index (κ3) is 4.53. The van der Waals surface area contributed by atoms with Crippen LogP contribution in [0.3, 0.4) is 0 Å². The number of nitrogen functional groups attached to an aromatic ring is 1. The Morgan fingerprint density at radius 2 is 2.12 bits per heavy atom. The molecule has 1 aromatic carbocycles. The topological polar surface area (TPSA) is 77.2 Å². The highest BCUT2D eigenvalue weighted by Crippen LogP contribution is 2.25. The van der Waals surface area contributed by atoms with Crippen LogP contribution in [-0.2, 0) is 0 Å². The summed E-state index contributed by atoms with van der Waals surface area (Å²) in [5, 5.41) is 2.40. The van der Waals surface area contributed by atoms with Gasteiger partial charge in [-0.3, -0.25) is 4.79 Å². The fraction of sp³-hybridized carbons (Fsp3) is 0.222. The molecule has 0 saturated heterocycles. The first kappa shape index (κ1) is 18.4. The van der Waals surface area contributed by atoms with E-state index in [1.165, 1.54) is 25.1 Å². The van der Waals surface area contributed by atoms with Crippen LogP contribution >= 0.6 is 0 Å². The van der Waals surface area contributed by atoms with Gasteiger partial charge in [0.1, 0.15) is 12.4 Å². The average molecular weight is 347 g/mol. The minimum atomic E-state index is -0.754. The van der Waals surface area contributed by atoms with Crippen molar-refractivity contribution in [2.45, 2.75) is 20.3 Å². The zero-order chi connectivity index (χ0) is 18.4. The van der Waals surface area contributed by atoms with Crippen molar-refractivity contribution in [2.75, 3.05) is 17.7 Å². The molecule has 1 amide bonds. The van der Waals surface area contributed by atoms with Crippen LogP contribution in [0.4, 0.5) is 20.3 Å². The number of hydrogen-bond acceptors (Lipinski definition) is 4. The number of allylic oxidation sites excluding steroid dienone is 1. The van der Waals surface area contributed by atoms with E-state index in [9.17, 15) is 13.6 Å². The van der Waals surface area contributed by atoms with E-state index in [0.717, 1.165) is 6.42 Å². The molecule has 0 radical (unpaired) electrons. The standard InChI is InChI=1S/C18H19F2N3O2/c1-3-4-5-9-25-14-8-6-7-13(15(14)19)22-18(24)12-10-11(2)16(20)23-17(12)21/h4-8,10H,3,9H2,1-2H3,(H2,21,23)(H,22,24). The number of nitrogens with two attached hydrogens (primary N) is 1. The highest BCUT2D eigenvalue weighted by atomic mass is 19.1. The number of nitrogens with zero attached hydrogens (tertiary/aromatic N) is 1. The Labute approximate surface area is 144 Å². The third-order valence-corrected chi connectivity index (χ3v) is 3.37. The van der Waals surface area contributed by atoms with Gasteiger partial charge in [-0.1, -0.05) is 25.1 Å². The van der Waals surface area contributed by atoms with Gasteiger partial charge in [-0.15, -0.1) is 0 Å². The number of nitrogens with one attached hydrogen (secondary N) is 1. The molecular weight excluding hydrogens is 328 g/mol. The molecule has 0 aliphatic carbocycles. The van der Waals surface area contributed by atoms with Gasteiger partial charge in [0.05, 0.1) is 11.3 Å². The number of halogens is 2. The number of anilines is 2. The van der Waals surface area contributed by atoms with Gasteiger partial charge in [-0.25, -0.2) is 9.37 Å². The maximum atomic E-state index is 14.4. The summed E-state index contributed by atoms with van der Waals surface area (Å²) in [6.07, 6.45) is 4.53. The number of hydrogen-bond donors (Lipinski definition) is 2. The molecule has 5 nitrogen and oxygen atoms in total. The normalized spacial score (nSPS) is 10.9. The van der Waals surface area contributed by atoms with E-state index in [2.05, 4.69) is 10.3 Å². The number of aryl methyl sites for hydroxylation is 1. The molecule has 7 heteroatoms. The van der Waals surface area contributed by atoms with Gasteiger partial charge in [-0.05, 0) is 31.5 Å². The van der Waals surface area contributed by atoms with Gasteiger partial charge in [0, 0.05) is 5.56 Å². The summed E-state index contributed by atoms with van der Waals surface area (Å²) in [5.74, 6) is -2.39.